The van der Waals surface area contributed by atoms with Gasteiger partial charge >= 0.3 is 6.18 Å². The summed E-state index contributed by atoms with van der Waals surface area (Å²) in [5.74, 6) is -5.15. The average molecular weight is 372 g/mol. The van der Waals surface area contributed by atoms with E-state index in [9.17, 15) is 38.0 Å². The van der Waals surface area contributed by atoms with E-state index in [-0.39, 0.29) is 11.3 Å². The summed E-state index contributed by atoms with van der Waals surface area (Å²) in [7, 11) is 0. The number of aliphatic imine (C=N–C) groups is 1. The first-order chi connectivity index (χ1) is 11.9. The molecule has 11 heteroatoms. The van der Waals surface area contributed by atoms with Crippen molar-refractivity contribution >= 4 is 17.5 Å². The van der Waals surface area contributed by atoms with Crippen LogP contribution in [0, 0.1) is 22.0 Å². The van der Waals surface area contributed by atoms with Gasteiger partial charge in [-0.05, 0) is 12.0 Å². The van der Waals surface area contributed by atoms with E-state index < -0.39 is 52.8 Å². The number of aliphatic carboxylic acids is 1. The maximum absolute atomic E-state index is 12.7. The van der Waals surface area contributed by atoms with Crippen LogP contribution in [0.4, 0.5) is 13.2 Å². The number of nitro groups is 1. The molecule has 8 nitrogen and oxygen atoms in total. The van der Waals surface area contributed by atoms with E-state index in [0.717, 1.165) is 11.1 Å². The van der Waals surface area contributed by atoms with Gasteiger partial charge in [-0.1, -0.05) is 13.8 Å². The number of rotatable bonds is 4. The van der Waals surface area contributed by atoms with Gasteiger partial charge in [0, 0.05) is 17.8 Å². The second kappa shape index (κ2) is 6.73. The maximum Gasteiger partial charge on any atom is 0.433 e. The van der Waals surface area contributed by atoms with E-state index in [1.165, 1.54) is 13.8 Å². The van der Waals surface area contributed by atoms with Crippen molar-refractivity contribution in [3.63, 3.8) is 0 Å². The molecule has 0 aromatic rings. The van der Waals surface area contributed by atoms with Gasteiger partial charge in [-0.2, -0.15) is 13.2 Å². The number of hydrogen-bond donors (Lipinski definition) is 0. The molecule has 0 radical (unpaired) electrons. The Morgan fingerprint density at radius 1 is 1.42 bits per heavy atom. The van der Waals surface area contributed by atoms with Gasteiger partial charge in [0.1, 0.15) is 18.1 Å². The zero-order valence-corrected chi connectivity index (χ0v) is 13.6. The normalized spacial score (nSPS) is 21.1. The molecule has 1 heterocycles. The van der Waals surface area contributed by atoms with Gasteiger partial charge in [-0.3, -0.25) is 19.9 Å². The summed E-state index contributed by atoms with van der Waals surface area (Å²) in [6.07, 6.45) is -2.49. The number of hydrogen-bond acceptors (Lipinski definition) is 7. The minimum absolute atomic E-state index is 0.177. The van der Waals surface area contributed by atoms with Crippen molar-refractivity contribution in [2.75, 3.05) is 6.67 Å². The van der Waals surface area contributed by atoms with E-state index in [2.05, 4.69) is 4.99 Å². The number of carbonyl (C=O) groups is 2. The summed E-state index contributed by atoms with van der Waals surface area (Å²) < 4.78 is 38.0. The van der Waals surface area contributed by atoms with Gasteiger partial charge in [-0.15, -0.1) is 0 Å². The minimum Gasteiger partial charge on any atom is -0.549 e. The van der Waals surface area contributed by atoms with Gasteiger partial charge in [0.2, 0.25) is 0 Å². The van der Waals surface area contributed by atoms with Crippen LogP contribution in [0.5, 0.6) is 0 Å². The number of ketones is 1. The molecule has 2 rings (SSSR count). The molecule has 1 aliphatic heterocycles. The molecule has 0 aromatic carbocycles. The molecule has 0 N–H and O–H groups in total. The van der Waals surface area contributed by atoms with Crippen molar-refractivity contribution < 1.29 is 32.8 Å². The first kappa shape index (κ1) is 19.3. The highest BCUT2D eigenvalue weighted by Crippen LogP contribution is 2.34. The van der Waals surface area contributed by atoms with Crippen LogP contribution in [-0.4, -0.2) is 40.1 Å². The SMILES string of the molecule is CC(C)C1=C(N2C=CC(C(F)(F)F)=NC2)C([N+](=O)[O-])=CC(C(=O)[O-])C1=O. The van der Waals surface area contributed by atoms with E-state index in [4.69, 9.17) is 0 Å². The van der Waals surface area contributed by atoms with Gasteiger partial charge < -0.3 is 14.8 Å². The van der Waals surface area contributed by atoms with Crippen LogP contribution in [0.25, 0.3) is 0 Å². The molecule has 0 fully saturated rings. The van der Waals surface area contributed by atoms with Crippen LogP contribution in [0.2, 0.25) is 0 Å². The Morgan fingerprint density at radius 3 is 2.42 bits per heavy atom. The molecule has 0 aromatic heterocycles. The molecule has 1 atom stereocenters. The molecule has 0 bridgehead atoms. The first-order valence-corrected chi connectivity index (χ1v) is 7.37. The Hall–Kier alpha value is -2.98. The van der Waals surface area contributed by atoms with Crippen molar-refractivity contribution in [1.82, 2.24) is 4.90 Å². The van der Waals surface area contributed by atoms with Gasteiger partial charge in [0.15, 0.2) is 5.78 Å². The molecule has 140 valence electrons. The summed E-state index contributed by atoms with van der Waals surface area (Å²) >= 11 is 0. The standard InChI is InChI=1S/C15H14F3N3O5/c1-7(2)11-12(20-4-3-10(19-6-20)15(16,17)18)9(21(25)26)5-8(13(11)22)14(23)24/h3-5,7-8H,6H2,1-2H3,(H,23,24)/p-1. The molecule has 26 heavy (non-hydrogen) atoms. The summed E-state index contributed by atoms with van der Waals surface area (Å²) in [4.78, 5) is 38.4. The highest BCUT2D eigenvalue weighted by Gasteiger charge is 2.41. The quantitative estimate of drug-likeness (QED) is 0.409. The van der Waals surface area contributed by atoms with Gasteiger partial charge in [0.05, 0.1) is 16.8 Å². The Bertz CT molecular complexity index is 793. The third kappa shape index (κ3) is 3.51. The Morgan fingerprint density at radius 2 is 2.04 bits per heavy atom. The zero-order chi connectivity index (χ0) is 19.8. The number of halogens is 3. The second-order valence-electron chi connectivity index (χ2n) is 5.86. The molecule has 0 spiro atoms. The summed E-state index contributed by atoms with van der Waals surface area (Å²) in [5.41, 5.74) is -2.31. The number of nitrogens with zero attached hydrogens (tertiary/aromatic N) is 3. The minimum atomic E-state index is -4.68. The number of allylic oxidation sites excluding steroid dienone is 2. The first-order valence-electron chi connectivity index (χ1n) is 7.37. The number of carboxylic acids is 1. The summed E-state index contributed by atoms with van der Waals surface area (Å²) in [6.45, 7) is 2.42. The monoisotopic (exact) mass is 372 g/mol. The molecule has 0 saturated heterocycles. The van der Waals surface area contributed by atoms with E-state index in [0.29, 0.717) is 12.2 Å². The van der Waals surface area contributed by atoms with Crippen LogP contribution in [0.15, 0.2) is 40.3 Å². The molecule has 2 aliphatic rings. The average Bonchev–Trinajstić information content (AvgIpc) is 2.52. The fourth-order valence-corrected chi connectivity index (χ4v) is 2.66. The number of carbonyl (C=O) groups excluding carboxylic acids is 2. The highest BCUT2D eigenvalue weighted by molar-refractivity contribution is 6.11. The lowest BCUT2D eigenvalue weighted by Crippen LogP contribution is -2.41. The number of carboxylic acid groups (broad SMARTS) is 1. The third-order valence-corrected chi connectivity index (χ3v) is 3.78. The molecule has 0 saturated carbocycles. The molecule has 0 amide bonds. The van der Waals surface area contributed by atoms with E-state index >= 15 is 0 Å². The lowest BCUT2D eigenvalue weighted by atomic mass is 9.83. The smallest absolute Gasteiger partial charge is 0.433 e. The van der Waals surface area contributed by atoms with Crippen molar-refractivity contribution in [2.45, 2.75) is 20.0 Å². The van der Waals surface area contributed by atoms with Crippen molar-refractivity contribution in [2.24, 2.45) is 16.8 Å². The maximum atomic E-state index is 12.7. The zero-order valence-electron chi connectivity index (χ0n) is 13.6. The van der Waals surface area contributed by atoms with Gasteiger partial charge in [-0.25, -0.2) is 0 Å². The Balaban J connectivity index is 2.56. The lowest BCUT2D eigenvalue weighted by Gasteiger charge is -2.31. The van der Waals surface area contributed by atoms with E-state index in [1.54, 1.807) is 0 Å². The van der Waals surface area contributed by atoms with E-state index in [1.807, 2.05) is 0 Å². The Kier molecular flexibility index (Phi) is 5.01. The van der Waals surface area contributed by atoms with Crippen molar-refractivity contribution in [3.8, 4) is 0 Å². The van der Waals surface area contributed by atoms with Crippen molar-refractivity contribution in [1.29, 1.82) is 0 Å². The molecule has 1 aliphatic carbocycles. The predicted octanol–water partition coefficient (Wildman–Crippen LogP) is 0.796. The van der Waals surface area contributed by atoms with Crippen LogP contribution >= 0.6 is 0 Å². The van der Waals surface area contributed by atoms with Gasteiger partial charge in [0.25, 0.3) is 5.70 Å². The largest absolute Gasteiger partial charge is 0.549 e. The van der Waals surface area contributed by atoms with Crippen LogP contribution in [0.3, 0.4) is 0 Å². The van der Waals surface area contributed by atoms with Crippen LogP contribution in [-0.2, 0) is 9.59 Å². The number of alkyl halides is 3. The summed E-state index contributed by atoms with van der Waals surface area (Å²) in [5, 5.41) is 22.5. The fraction of sp³-hybridized carbons (Fsp3) is 0.400. The third-order valence-electron chi connectivity index (χ3n) is 3.78. The van der Waals surface area contributed by atoms with Crippen molar-refractivity contribution in [3.05, 3.63) is 45.4 Å². The molecular weight excluding hydrogens is 359 g/mol. The Labute approximate surface area is 145 Å². The molecule has 1 unspecified atom stereocenters. The topological polar surface area (TPSA) is 116 Å². The highest BCUT2D eigenvalue weighted by atomic mass is 19.4. The lowest BCUT2D eigenvalue weighted by molar-refractivity contribution is -0.423. The fourth-order valence-electron chi connectivity index (χ4n) is 2.66. The van der Waals surface area contributed by atoms with Crippen LogP contribution < -0.4 is 5.11 Å². The van der Waals surface area contributed by atoms with Crippen LogP contribution in [0.1, 0.15) is 13.8 Å². The predicted molar refractivity (Wildman–Crippen MR) is 79.8 cm³/mol. The number of Topliss-reactive ketones (excluding diaryl/α,β-unsaturated/α-hetero) is 1. The summed E-state index contributed by atoms with van der Waals surface area (Å²) in [6, 6.07) is 0. The second-order valence-corrected chi connectivity index (χ2v) is 5.86. The molecular formula is C15H13F3N3O5-.